The summed E-state index contributed by atoms with van der Waals surface area (Å²) < 4.78 is 5.26. The molecule has 1 aromatic heterocycles. The first-order valence-corrected chi connectivity index (χ1v) is 7.34. The second kappa shape index (κ2) is 5.57. The van der Waals surface area contributed by atoms with Crippen molar-refractivity contribution in [3.63, 3.8) is 0 Å². The van der Waals surface area contributed by atoms with Gasteiger partial charge in [0.1, 0.15) is 11.8 Å². The van der Waals surface area contributed by atoms with Crippen LogP contribution in [-0.4, -0.2) is 12.1 Å². The molecule has 0 saturated carbocycles. The summed E-state index contributed by atoms with van der Waals surface area (Å²) in [7, 11) is 1.63. The zero-order chi connectivity index (χ0) is 15.7. The molecule has 0 saturated heterocycles. The molecule has 1 N–H and O–H groups in total. The van der Waals surface area contributed by atoms with Crippen LogP contribution in [0.15, 0.2) is 42.5 Å². The van der Waals surface area contributed by atoms with Gasteiger partial charge in [0.15, 0.2) is 0 Å². The topological polar surface area (TPSA) is 48.8 Å². The Bertz CT molecular complexity index is 852. The van der Waals surface area contributed by atoms with Gasteiger partial charge < -0.3 is 9.72 Å². The first-order chi connectivity index (χ1) is 10.6. The molecular formula is C19H18N2O. The van der Waals surface area contributed by atoms with Crippen molar-refractivity contribution in [2.45, 2.75) is 19.8 Å². The molecule has 0 aliphatic heterocycles. The second-order valence-electron chi connectivity index (χ2n) is 5.68. The van der Waals surface area contributed by atoms with Crippen molar-refractivity contribution in [1.29, 1.82) is 5.26 Å². The van der Waals surface area contributed by atoms with Crippen molar-refractivity contribution < 1.29 is 4.74 Å². The van der Waals surface area contributed by atoms with E-state index < -0.39 is 0 Å². The van der Waals surface area contributed by atoms with Crippen molar-refractivity contribution in [3.05, 3.63) is 53.6 Å². The highest BCUT2D eigenvalue weighted by molar-refractivity contribution is 5.94. The Morgan fingerprint density at radius 3 is 2.41 bits per heavy atom. The predicted molar refractivity (Wildman–Crippen MR) is 89.1 cm³/mol. The molecule has 0 fully saturated rings. The van der Waals surface area contributed by atoms with Crippen LogP contribution in [0, 0.1) is 11.3 Å². The van der Waals surface area contributed by atoms with E-state index in [0.717, 1.165) is 27.9 Å². The van der Waals surface area contributed by atoms with E-state index in [-0.39, 0.29) is 0 Å². The summed E-state index contributed by atoms with van der Waals surface area (Å²) in [6, 6.07) is 16.4. The Kier molecular flexibility index (Phi) is 3.60. The van der Waals surface area contributed by atoms with Gasteiger partial charge >= 0.3 is 0 Å². The van der Waals surface area contributed by atoms with Gasteiger partial charge in [-0.2, -0.15) is 5.26 Å². The summed E-state index contributed by atoms with van der Waals surface area (Å²) in [4.78, 5) is 3.35. The molecule has 0 bridgehead atoms. The Morgan fingerprint density at radius 1 is 1.09 bits per heavy atom. The van der Waals surface area contributed by atoms with Crippen molar-refractivity contribution in [3.8, 4) is 23.1 Å². The van der Waals surface area contributed by atoms with Crippen LogP contribution in [0.25, 0.3) is 22.2 Å². The molecule has 1 heterocycles. The van der Waals surface area contributed by atoms with Crippen molar-refractivity contribution >= 4 is 10.9 Å². The van der Waals surface area contributed by atoms with Crippen LogP contribution < -0.4 is 4.74 Å². The number of ether oxygens (including phenoxy) is 1. The molecule has 22 heavy (non-hydrogen) atoms. The minimum Gasteiger partial charge on any atom is -0.497 e. The minimum absolute atomic E-state index is 0.497. The van der Waals surface area contributed by atoms with Gasteiger partial charge in [0.2, 0.25) is 0 Å². The lowest BCUT2D eigenvalue weighted by atomic mass is 9.99. The van der Waals surface area contributed by atoms with Gasteiger partial charge in [-0.25, -0.2) is 0 Å². The van der Waals surface area contributed by atoms with E-state index in [1.807, 2.05) is 18.2 Å². The fraction of sp³-hybridized carbons (Fsp3) is 0.211. The molecule has 0 radical (unpaired) electrons. The third kappa shape index (κ3) is 2.33. The largest absolute Gasteiger partial charge is 0.497 e. The Hall–Kier alpha value is -2.73. The van der Waals surface area contributed by atoms with E-state index in [1.165, 1.54) is 5.56 Å². The number of H-pyrrole nitrogens is 1. The lowest BCUT2D eigenvalue weighted by molar-refractivity contribution is 0.415. The quantitative estimate of drug-likeness (QED) is 0.750. The molecule has 2 aromatic carbocycles. The van der Waals surface area contributed by atoms with Crippen molar-refractivity contribution in [2.75, 3.05) is 7.11 Å². The summed E-state index contributed by atoms with van der Waals surface area (Å²) in [5.74, 6) is 1.25. The fourth-order valence-corrected chi connectivity index (χ4v) is 2.67. The molecule has 110 valence electrons. The van der Waals surface area contributed by atoms with E-state index >= 15 is 0 Å². The van der Waals surface area contributed by atoms with Gasteiger partial charge in [0.05, 0.1) is 18.4 Å². The fourth-order valence-electron chi connectivity index (χ4n) is 2.67. The second-order valence-corrected chi connectivity index (χ2v) is 5.68. The Labute approximate surface area is 130 Å². The summed E-state index contributed by atoms with van der Waals surface area (Å²) in [6.07, 6.45) is 0. The van der Waals surface area contributed by atoms with Crippen LogP contribution in [0.1, 0.15) is 30.9 Å². The maximum atomic E-state index is 9.56. The van der Waals surface area contributed by atoms with E-state index in [2.05, 4.69) is 49.2 Å². The highest BCUT2D eigenvalue weighted by atomic mass is 16.5. The van der Waals surface area contributed by atoms with Crippen LogP contribution in [0.5, 0.6) is 5.75 Å². The van der Waals surface area contributed by atoms with Crippen molar-refractivity contribution in [1.82, 2.24) is 4.98 Å². The molecular weight excluding hydrogens is 272 g/mol. The molecule has 0 atom stereocenters. The number of benzene rings is 2. The maximum Gasteiger partial charge on any atom is 0.119 e. The molecule has 0 aliphatic rings. The van der Waals surface area contributed by atoms with Gasteiger partial charge in [-0.3, -0.25) is 0 Å². The lowest BCUT2D eigenvalue weighted by Crippen LogP contribution is -1.87. The van der Waals surface area contributed by atoms with E-state index in [0.29, 0.717) is 11.5 Å². The molecule has 0 unspecified atom stereocenters. The lowest BCUT2D eigenvalue weighted by Gasteiger charge is -2.06. The average molecular weight is 290 g/mol. The van der Waals surface area contributed by atoms with Crippen LogP contribution in [0.4, 0.5) is 0 Å². The van der Waals surface area contributed by atoms with Gasteiger partial charge in [0, 0.05) is 10.9 Å². The van der Waals surface area contributed by atoms with E-state index in [9.17, 15) is 5.26 Å². The zero-order valence-corrected chi connectivity index (χ0v) is 13.0. The van der Waals surface area contributed by atoms with Gasteiger partial charge in [0.25, 0.3) is 0 Å². The number of hydrogen-bond donors (Lipinski definition) is 1. The Balaban J connectivity index is 2.16. The third-order valence-electron chi connectivity index (χ3n) is 3.98. The molecule has 3 aromatic rings. The first-order valence-electron chi connectivity index (χ1n) is 7.34. The summed E-state index contributed by atoms with van der Waals surface area (Å²) in [6.45, 7) is 4.34. The van der Waals surface area contributed by atoms with Gasteiger partial charge in [-0.1, -0.05) is 38.1 Å². The minimum atomic E-state index is 0.497. The molecule has 3 nitrogen and oxygen atoms in total. The smallest absolute Gasteiger partial charge is 0.119 e. The molecule has 3 rings (SSSR count). The number of nitrogens with one attached hydrogen (secondary N) is 1. The standard InChI is InChI=1S/C19H18N2O/c1-12(2)13-4-6-14(7-5-13)19-17(11-20)16-10-15(22-3)8-9-18(16)21-19/h4-10,12,21H,1-3H3. The predicted octanol–water partition coefficient (Wildman–Crippen LogP) is 4.84. The van der Waals surface area contributed by atoms with Gasteiger partial charge in [-0.05, 0) is 35.2 Å². The van der Waals surface area contributed by atoms with Crippen LogP contribution in [0.2, 0.25) is 0 Å². The molecule has 3 heteroatoms. The SMILES string of the molecule is COc1ccc2[nH]c(-c3ccc(C(C)C)cc3)c(C#N)c2c1. The third-order valence-corrected chi connectivity index (χ3v) is 3.98. The first kappa shape index (κ1) is 14.2. The van der Waals surface area contributed by atoms with Crippen LogP contribution in [0.3, 0.4) is 0 Å². The number of hydrogen-bond acceptors (Lipinski definition) is 2. The molecule has 0 amide bonds. The highest BCUT2D eigenvalue weighted by Gasteiger charge is 2.14. The highest BCUT2D eigenvalue weighted by Crippen LogP contribution is 2.32. The summed E-state index contributed by atoms with van der Waals surface area (Å²) in [5, 5.41) is 10.5. The number of aromatic nitrogens is 1. The Morgan fingerprint density at radius 2 is 1.82 bits per heavy atom. The number of rotatable bonds is 3. The average Bonchev–Trinajstić information content (AvgIpc) is 2.92. The molecule has 0 aliphatic carbocycles. The van der Waals surface area contributed by atoms with E-state index in [4.69, 9.17) is 4.74 Å². The number of nitrogens with zero attached hydrogens (tertiary/aromatic N) is 1. The van der Waals surface area contributed by atoms with Gasteiger partial charge in [-0.15, -0.1) is 0 Å². The number of methoxy groups -OCH3 is 1. The summed E-state index contributed by atoms with van der Waals surface area (Å²) >= 11 is 0. The summed E-state index contributed by atoms with van der Waals surface area (Å²) in [5.41, 5.74) is 4.78. The monoisotopic (exact) mass is 290 g/mol. The number of nitriles is 1. The number of fused-ring (bicyclic) bond motifs is 1. The number of aromatic amines is 1. The zero-order valence-electron chi connectivity index (χ0n) is 13.0. The molecule has 0 spiro atoms. The maximum absolute atomic E-state index is 9.56. The van der Waals surface area contributed by atoms with E-state index in [1.54, 1.807) is 7.11 Å². The van der Waals surface area contributed by atoms with Crippen molar-refractivity contribution in [2.24, 2.45) is 0 Å². The van der Waals surface area contributed by atoms with Crippen LogP contribution >= 0.6 is 0 Å². The van der Waals surface area contributed by atoms with Crippen LogP contribution in [-0.2, 0) is 0 Å². The normalized spacial score (nSPS) is 10.9.